The zero-order valence-corrected chi connectivity index (χ0v) is 19.5. The lowest BCUT2D eigenvalue weighted by Crippen LogP contribution is -2.33. The predicted molar refractivity (Wildman–Crippen MR) is 131 cm³/mol. The largest absolute Gasteiger partial charge is 0.507 e. The number of allylic oxidation sites excluding steroid dienone is 2. The number of ether oxygens (including phenoxy) is 1. The van der Waals surface area contributed by atoms with E-state index in [4.69, 9.17) is 4.74 Å². The molecule has 2 heterocycles. The van der Waals surface area contributed by atoms with E-state index in [1.807, 2.05) is 37.3 Å². The summed E-state index contributed by atoms with van der Waals surface area (Å²) in [6.07, 6.45) is 10.8. The number of aromatic nitrogens is 2. The Morgan fingerprint density at radius 2 is 2.03 bits per heavy atom. The first kappa shape index (κ1) is 22.8. The zero-order valence-electron chi connectivity index (χ0n) is 19.5. The van der Waals surface area contributed by atoms with Crippen molar-refractivity contribution >= 4 is 22.5 Å². The second kappa shape index (κ2) is 9.60. The van der Waals surface area contributed by atoms with Crippen molar-refractivity contribution in [2.75, 3.05) is 41.3 Å². The summed E-state index contributed by atoms with van der Waals surface area (Å²) in [5, 5.41) is 11.4. The Kier molecular flexibility index (Phi) is 6.62. The van der Waals surface area contributed by atoms with Crippen LogP contribution in [-0.4, -0.2) is 78.2 Å². The highest BCUT2D eigenvalue weighted by molar-refractivity contribution is 5.99. The van der Waals surface area contributed by atoms with Gasteiger partial charge in [-0.15, -0.1) is 0 Å². The van der Waals surface area contributed by atoms with Gasteiger partial charge < -0.3 is 24.6 Å². The standard InChI is InChI=1S/C26H30N4O3/c1-29(2)11-12-30(3)26(32)21-13-17(9-10-23(21)31)18-14-20-22(16-28-25(20)27-15-18)19-7-5-6-8-24(19)33-4/h5-7,9-10,13-16,24,31H,8,11-12H2,1-4H3,(H,27,28). The van der Waals surface area contributed by atoms with E-state index in [0.29, 0.717) is 6.54 Å². The number of rotatable bonds is 7. The molecule has 33 heavy (non-hydrogen) atoms. The van der Waals surface area contributed by atoms with Crippen molar-refractivity contribution < 1.29 is 14.6 Å². The maximum Gasteiger partial charge on any atom is 0.257 e. The summed E-state index contributed by atoms with van der Waals surface area (Å²) in [5.74, 6) is -0.242. The number of methoxy groups -OCH3 is 1. The number of aromatic amines is 1. The molecule has 1 aliphatic carbocycles. The van der Waals surface area contributed by atoms with Crippen LogP contribution < -0.4 is 0 Å². The highest BCUT2D eigenvalue weighted by Gasteiger charge is 2.21. The summed E-state index contributed by atoms with van der Waals surface area (Å²) in [6.45, 7) is 1.31. The maximum atomic E-state index is 13.0. The van der Waals surface area contributed by atoms with Crippen molar-refractivity contribution in [2.24, 2.45) is 0 Å². The molecule has 0 fully saturated rings. The Labute approximate surface area is 194 Å². The molecule has 0 saturated carbocycles. The number of nitrogens with zero attached hydrogens (tertiary/aromatic N) is 3. The van der Waals surface area contributed by atoms with Crippen LogP contribution in [0, 0.1) is 0 Å². The second-order valence-electron chi connectivity index (χ2n) is 8.59. The zero-order chi connectivity index (χ0) is 23.5. The Balaban J connectivity index is 1.70. The van der Waals surface area contributed by atoms with E-state index in [2.05, 4.69) is 28.2 Å². The third kappa shape index (κ3) is 4.69. The summed E-state index contributed by atoms with van der Waals surface area (Å²) in [4.78, 5) is 24.4. The quantitative estimate of drug-likeness (QED) is 0.575. The molecule has 0 spiro atoms. The molecule has 1 aromatic carbocycles. The molecular weight excluding hydrogens is 416 g/mol. The van der Waals surface area contributed by atoms with Gasteiger partial charge in [-0.25, -0.2) is 4.98 Å². The van der Waals surface area contributed by atoms with Crippen molar-refractivity contribution in [3.05, 3.63) is 66.0 Å². The van der Waals surface area contributed by atoms with Gasteiger partial charge in [-0.3, -0.25) is 4.79 Å². The average molecular weight is 447 g/mol. The van der Waals surface area contributed by atoms with Crippen LogP contribution in [0.15, 0.2) is 54.9 Å². The molecule has 0 saturated heterocycles. The Bertz CT molecular complexity index is 1230. The number of fused-ring (bicyclic) bond motifs is 1. The number of amides is 1. The Hall–Kier alpha value is -3.42. The first-order chi connectivity index (χ1) is 15.9. The van der Waals surface area contributed by atoms with Gasteiger partial charge in [-0.2, -0.15) is 0 Å². The number of hydrogen-bond acceptors (Lipinski definition) is 5. The van der Waals surface area contributed by atoms with Crippen LogP contribution in [0.1, 0.15) is 22.3 Å². The SMILES string of the molecule is COC1CC=CC=C1c1c[nH]c2ncc(-c3ccc(O)c(C(=O)N(C)CCN(C)C)c3)cc12. The van der Waals surface area contributed by atoms with Crippen LogP contribution in [0.25, 0.3) is 27.7 Å². The van der Waals surface area contributed by atoms with Crippen molar-refractivity contribution in [1.82, 2.24) is 19.8 Å². The highest BCUT2D eigenvalue weighted by Crippen LogP contribution is 2.34. The predicted octanol–water partition coefficient (Wildman–Crippen LogP) is 3.93. The van der Waals surface area contributed by atoms with Gasteiger partial charge in [0.2, 0.25) is 0 Å². The summed E-state index contributed by atoms with van der Waals surface area (Å²) >= 11 is 0. The molecule has 172 valence electrons. The van der Waals surface area contributed by atoms with Gasteiger partial charge in [0, 0.05) is 56.2 Å². The minimum Gasteiger partial charge on any atom is -0.507 e. The first-order valence-electron chi connectivity index (χ1n) is 11.0. The molecule has 7 heteroatoms. The summed E-state index contributed by atoms with van der Waals surface area (Å²) in [6, 6.07) is 7.18. The van der Waals surface area contributed by atoms with Crippen LogP contribution in [-0.2, 0) is 4.74 Å². The average Bonchev–Trinajstić information content (AvgIpc) is 3.25. The number of pyridine rings is 1. The number of hydrogen-bond donors (Lipinski definition) is 2. The van der Waals surface area contributed by atoms with E-state index in [1.54, 1.807) is 37.4 Å². The summed E-state index contributed by atoms with van der Waals surface area (Å²) in [7, 11) is 7.39. The van der Waals surface area contributed by atoms with Gasteiger partial charge in [0.05, 0.1) is 11.7 Å². The lowest BCUT2D eigenvalue weighted by atomic mass is 9.94. The molecule has 1 atom stereocenters. The normalized spacial score (nSPS) is 15.8. The molecule has 2 aromatic heterocycles. The number of aromatic hydroxyl groups is 1. The van der Waals surface area contributed by atoms with E-state index in [-0.39, 0.29) is 23.3 Å². The van der Waals surface area contributed by atoms with E-state index < -0.39 is 0 Å². The minimum absolute atomic E-state index is 0.00624. The number of carbonyl (C=O) groups excluding carboxylic acids is 1. The number of benzene rings is 1. The molecule has 4 rings (SSSR count). The van der Waals surface area contributed by atoms with Crippen molar-refractivity contribution in [1.29, 1.82) is 0 Å². The van der Waals surface area contributed by atoms with Crippen LogP contribution in [0.4, 0.5) is 0 Å². The molecule has 1 aliphatic rings. The number of H-pyrrole nitrogens is 1. The number of phenolic OH excluding ortho intramolecular Hbond substituents is 1. The molecule has 2 N–H and O–H groups in total. The molecule has 0 radical (unpaired) electrons. The smallest absolute Gasteiger partial charge is 0.257 e. The Morgan fingerprint density at radius 1 is 1.21 bits per heavy atom. The molecular formula is C26H30N4O3. The summed E-state index contributed by atoms with van der Waals surface area (Å²) < 4.78 is 5.68. The highest BCUT2D eigenvalue weighted by atomic mass is 16.5. The maximum absolute atomic E-state index is 13.0. The fourth-order valence-electron chi connectivity index (χ4n) is 4.04. The van der Waals surface area contributed by atoms with Gasteiger partial charge in [0.25, 0.3) is 5.91 Å². The lowest BCUT2D eigenvalue weighted by Gasteiger charge is -2.20. The molecule has 1 unspecified atom stereocenters. The van der Waals surface area contributed by atoms with Crippen LogP contribution in [0.5, 0.6) is 5.75 Å². The first-order valence-corrected chi connectivity index (χ1v) is 11.0. The molecule has 1 amide bonds. The van der Waals surface area contributed by atoms with Crippen molar-refractivity contribution in [3.63, 3.8) is 0 Å². The minimum atomic E-state index is -0.213. The number of nitrogens with one attached hydrogen (secondary N) is 1. The molecule has 7 nitrogen and oxygen atoms in total. The lowest BCUT2D eigenvalue weighted by molar-refractivity contribution is 0.0783. The summed E-state index contributed by atoms with van der Waals surface area (Å²) in [5.41, 5.74) is 4.91. The third-order valence-electron chi connectivity index (χ3n) is 6.03. The van der Waals surface area contributed by atoms with Gasteiger partial charge >= 0.3 is 0 Å². The van der Waals surface area contributed by atoms with E-state index in [0.717, 1.165) is 46.3 Å². The second-order valence-corrected chi connectivity index (χ2v) is 8.59. The van der Waals surface area contributed by atoms with Gasteiger partial charge in [0.1, 0.15) is 11.4 Å². The van der Waals surface area contributed by atoms with Gasteiger partial charge in [0.15, 0.2) is 0 Å². The van der Waals surface area contributed by atoms with Crippen LogP contribution in [0.2, 0.25) is 0 Å². The van der Waals surface area contributed by atoms with Crippen LogP contribution >= 0.6 is 0 Å². The van der Waals surface area contributed by atoms with Crippen LogP contribution in [0.3, 0.4) is 0 Å². The fraction of sp³-hybridized carbons (Fsp3) is 0.308. The molecule has 3 aromatic rings. The third-order valence-corrected chi connectivity index (χ3v) is 6.03. The van der Waals surface area contributed by atoms with Crippen molar-refractivity contribution in [2.45, 2.75) is 12.5 Å². The number of phenols is 1. The van der Waals surface area contributed by atoms with Gasteiger partial charge in [-0.1, -0.05) is 24.3 Å². The van der Waals surface area contributed by atoms with E-state index >= 15 is 0 Å². The van der Waals surface area contributed by atoms with Gasteiger partial charge in [-0.05, 0) is 49.9 Å². The number of carbonyl (C=O) groups is 1. The topological polar surface area (TPSA) is 81.7 Å². The monoisotopic (exact) mass is 446 g/mol. The Morgan fingerprint density at radius 3 is 2.79 bits per heavy atom. The van der Waals surface area contributed by atoms with E-state index in [9.17, 15) is 9.90 Å². The molecule has 0 bridgehead atoms. The number of likely N-dealkylation sites (N-methyl/N-ethyl adjacent to an activating group) is 2. The van der Waals surface area contributed by atoms with E-state index in [1.165, 1.54) is 0 Å². The fourth-order valence-corrected chi connectivity index (χ4v) is 4.04. The van der Waals surface area contributed by atoms with Crippen molar-refractivity contribution in [3.8, 4) is 16.9 Å². The molecule has 0 aliphatic heterocycles.